The van der Waals surface area contributed by atoms with E-state index in [4.69, 9.17) is 9.47 Å². The van der Waals surface area contributed by atoms with E-state index < -0.39 is 0 Å². The summed E-state index contributed by atoms with van der Waals surface area (Å²) in [7, 11) is 0. The highest BCUT2D eigenvalue weighted by Gasteiger charge is 2.18. The van der Waals surface area contributed by atoms with Crippen LogP contribution in [0.2, 0.25) is 0 Å². The van der Waals surface area contributed by atoms with E-state index in [-0.39, 0.29) is 18.1 Å². The monoisotopic (exact) mass is 302 g/mol. The highest BCUT2D eigenvalue weighted by atomic mass is 16.6. The van der Waals surface area contributed by atoms with Crippen molar-refractivity contribution < 1.29 is 14.3 Å². The van der Waals surface area contributed by atoms with E-state index in [9.17, 15) is 9.59 Å². The first-order valence-electron chi connectivity index (χ1n) is 7.27. The van der Waals surface area contributed by atoms with Gasteiger partial charge in [-0.25, -0.2) is 4.79 Å². The second-order valence-electron chi connectivity index (χ2n) is 5.26. The zero-order valence-electron chi connectivity index (χ0n) is 12.4. The molecule has 1 fully saturated rings. The number of para-hydroxylation sites is 1. The second kappa shape index (κ2) is 6.19. The van der Waals surface area contributed by atoms with Gasteiger partial charge in [-0.2, -0.15) is 0 Å². The highest BCUT2D eigenvalue weighted by Crippen LogP contribution is 2.12. The minimum Gasteiger partial charge on any atom is -0.443 e. The number of aromatic nitrogens is 1. The van der Waals surface area contributed by atoms with Gasteiger partial charge in [0, 0.05) is 29.6 Å². The molecule has 6 nitrogen and oxygen atoms in total. The Kier molecular flexibility index (Phi) is 4.11. The molecular formula is C16H18N2O4. The fraction of sp³-hybridized carbons (Fsp3) is 0.375. The summed E-state index contributed by atoms with van der Waals surface area (Å²) in [6, 6.07) is 7.31. The lowest BCUT2D eigenvalue weighted by Gasteiger charge is -2.26. The maximum absolute atomic E-state index is 12.3. The topological polar surface area (TPSA) is 71.6 Å². The van der Waals surface area contributed by atoms with Crippen LogP contribution in [-0.4, -0.2) is 42.3 Å². The number of ether oxygens (including phenoxy) is 2. The number of carbonyl (C=O) groups is 1. The highest BCUT2D eigenvalue weighted by molar-refractivity contribution is 5.79. The number of hydrogen-bond acceptors (Lipinski definition) is 4. The summed E-state index contributed by atoms with van der Waals surface area (Å²) in [5.41, 5.74) is 1.92. The lowest BCUT2D eigenvalue weighted by molar-refractivity contribution is 0.0246. The first-order valence-corrected chi connectivity index (χ1v) is 7.27. The van der Waals surface area contributed by atoms with Crippen LogP contribution >= 0.6 is 0 Å². The first-order chi connectivity index (χ1) is 10.7. The van der Waals surface area contributed by atoms with Crippen LogP contribution in [0.5, 0.6) is 0 Å². The van der Waals surface area contributed by atoms with Crippen molar-refractivity contribution in [2.24, 2.45) is 0 Å². The van der Waals surface area contributed by atoms with Crippen LogP contribution in [0.15, 0.2) is 29.1 Å². The molecule has 6 heteroatoms. The zero-order chi connectivity index (χ0) is 15.5. The maximum atomic E-state index is 12.3. The Morgan fingerprint density at radius 1 is 1.32 bits per heavy atom. The van der Waals surface area contributed by atoms with E-state index in [1.54, 1.807) is 17.9 Å². The van der Waals surface area contributed by atoms with Crippen molar-refractivity contribution in [3.63, 3.8) is 0 Å². The van der Waals surface area contributed by atoms with Crippen LogP contribution in [0.25, 0.3) is 10.9 Å². The summed E-state index contributed by atoms with van der Waals surface area (Å²) in [5, 5.41) is 0.642. The molecular weight excluding hydrogens is 284 g/mol. The summed E-state index contributed by atoms with van der Waals surface area (Å²) in [6.45, 7) is 3.92. The lowest BCUT2D eigenvalue weighted by Crippen LogP contribution is -2.41. The molecule has 1 N–H and O–H groups in total. The molecule has 0 radical (unpaired) electrons. The number of H-pyrrole nitrogens is 1. The van der Waals surface area contributed by atoms with Crippen LogP contribution in [0, 0.1) is 6.92 Å². The average Bonchev–Trinajstić information content (AvgIpc) is 2.57. The first kappa shape index (κ1) is 14.6. The van der Waals surface area contributed by atoms with Crippen LogP contribution in [0.4, 0.5) is 4.79 Å². The summed E-state index contributed by atoms with van der Waals surface area (Å²) in [6.07, 6.45) is -0.378. The Balaban J connectivity index is 1.77. The third-order valence-corrected chi connectivity index (χ3v) is 3.86. The SMILES string of the molecule is Cc1c(COC(=O)N2CCOCC2)[nH]c2ccccc2c1=O. The number of aromatic amines is 1. The van der Waals surface area contributed by atoms with E-state index in [1.165, 1.54) is 0 Å². The summed E-state index contributed by atoms with van der Waals surface area (Å²) < 4.78 is 10.5. The van der Waals surface area contributed by atoms with Gasteiger partial charge < -0.3 is 19.4 Å². The molecule has 1 aliphatic heterocycles. The van der Waals surface area contributed by atoms with E-state index in [0.717, 1.165) is 5.52 Å². The molecule has 1 amide bonds. The molecule has 116 valence electrons. The fourth-order valence-corrected chi connectivity index (χ4v) is 2.50. The smallest absolute Gasteiger partial charge is 0.410 e. The number of benzene rings is 1. The van der Waals surface area contributed by atoms with E-state index >= 15 is 0 Å². The van der Waals surface area contributed by atoms with Crippen LogP contribution < -0.4 is 5.43 Å². The Labute approximate surface area is 127 Å². The number of carbonyl (C=O) groups excluding carboxylic acids is 1. The van der Waals surface area contributed by atoms with Gasteiger partial charge in [0.15, 0.2) is 5.43 Å². The van der Waals surface area contributed by atoms with Crippen molar-refractivity contribution in [1.29, 1.82) is 0 Å². The number of nitrogens with zero attached hydrogens (tertiary/aromatic N) is 1. The third kappa shape index (κ3) is 2.82. The van der Waals surface area contributed by atoms with Gasteiger partial charge in [-0.05, 0) is 19.1 Å². The van der Waals surface area contributed by atoms with Gasteiger partial charge in [-0.1, -0.05) is 12.1 Å². The second-order valence-corrected chi connectivity index (χ2v) is 5.26. The van der Waals surface area contributed by atoms with Gasteiger partial charge in [0.25, 0.3) is 0 Å². The number of pyridine rings is 1. The summed E-state index contributed by atoms with van der Waals surface area (Å²) in [5.74, 6) is 0. The molecule has 0 aliphatic carbocycles. The standard InChI is InChI=1S/C16H18N2O4/c1-11-14(10-22-16(20)18-6-8-21-9-7-18)17-13-5-3-2-4-12(13)15(11)19/h2-5H,6-10H2,1H3,(H,17,19). The normalized spacial score (nSPS) is 15.0. The molecule has 1 aromatic carbocycles. The number of nitrogens with one attached hydrogen (secondary N) is 1. The van der Waals surface area contributed by atoms with Crippen molar-refractivity contribution in [3.8, 4) is 0 Å². The van der Waals surface area contributed by atoms with Crippen LogP contribution in [0.1, 0.15) is 11.3 Å². The lowest BCUT2D eigenvalue weighted by atomic mass is 10.1. The molecule has 3 rings (SSSR count). The third-order valence-electron chi connectivity index (χ3n) is 3.86. The largest absolute Gasteiger partial charge is 0.443 e. The molecule has 1 aromatic heterocycles. The summed E-state index contributed by atoms with van der Waals surface area (Å²) in [4.78, 5) is 29.1. The Morgan fingerprint density at radius 2 is 2.05 bits per heavy atom. The summed E-state index contributed by atoms with van der Waals surface area (Å²) >= 11 is 0. The molecule has 0 unspecified atom stereocenters. The number of amides is 1. The number of hydrogen-bond donors (Lipinski definition) is 1. The van der Waals surface area contributed by atoms with Gasteiger partial charge in [-0.15, -0.1) is 0 Å². The molecule has 22 heavy (non-hydrogen) atoms. The van der Waals surface area contributed by atoms with Crippen molar-refractivity contribution in [3.05, 3.63) is 45.7 Å². The van der Waals surface area contributed by atoms with Crippen LogP contribution in [0.3, 0.4) is 0 Å². The van der Waals surface area contributed by atoms with Crippen LogP contribution in [-0.2, 0) is 16.1 Å². The van der Waals surface area contributed by atoms with Gasteiger partial charge in [0.05, 0.1) is 18.9 Å². The average molecular weight is 302 g/mol. The molecule has 0 atom stereocenters. The van der Waals surface area contributed by atoms with Gasteiger partial charge >= 0.3 is 6.09 Å². The van der Waals surface area contributed by atoms with E-state index in [0.29, 0.717) is 42.9 Å². The van der Waals surface area contributed by atoms with Crippen molar-refractivity contribution in [2.45, 2.75) is 13.5 Å². The Bertz CT molecular complexity index is 747. The number of rotatable bonds is 2. The number of fused-ring (bicyclic) bond motifs is 1. The van der Waals surface area contributed by atoms with Gasteiger partial charge in [-0.3, -0.25) is 4.79 Å². The minimum absolute atomic E-state index is 0.0354. The molecule has 2 aromatic rings. The maximum Gasteiger partial charge on any atom is 0.410 e. The fourth-order valence-electron chi connectivity index (χ4n) is 2.50. The molecule has 0 saturated carbocycles. The Hall–Kier alpha value is -2.34. The van der Waals surface area contributed by atoms with Gasteiger partial charge in [0.1, 0.15) is 6.61 Å². The molecule has 0 bridgehead atoms. The van der Waals surface area contributed by atoms with Gasteiger partial charge in [0.2, 0.25) is 0 Å². The van der Waals surface area contributed by atoms with Crippen molar-refractivity contribution in [1.82, 2.24) is 9.88 Å². The molecule has 1 aliphatic rings. The molecule has 2 heterocycles. The number of morpholine rings is 1. The zero-order valence-corrected chi connectivity index (χ0v) is 12.4. The predicted octanol–water partition coefficient (Wildman–Crippen LogP) is 1.81. The molecule has 0 spiro atoms. The minimum atomic E-state index is -0.378. The predicted molar refractivity (Wildman–Crippen MR) is 81.9 cm³/mol. The molecule has 1 saturated heterocycles. The quantitative estimate of drug-likeness (QED) is 0.918. The van der Waals surface area contributed by atoms with Crippen molar-refractivity contribution in [2.75, 3.05) is 26.3 Å². The van der Waals surface area contributed by atoms with E-state index in [2.05, 4.69) is 4.98 Å². The Morgan fingerprint density at radius 3 is 2.82 bits per heavy atom. The van der Waals surface area contributed by atoms with Crippen molar-refractivity contribution >= 4 is 17.0 Å². The van der Waals surface area contributed by atoms with E-state index in [1.807, 2.05) is 18.2 Å².